The van der Waals surface area contributed by atoms with E-state index >= 15 is 0 Å². The highest BCUT2D eigenvalue weighted by molar-refractivity contribution is 5.03. The Morgan fingerprint density at radius 2 is 0.295 bits per heavy atom. The van der Waals surface area contributed by atoms with Gasteiger partial charge in [-0.15, -0.1) is 0 Å². The van der Waals surface area contributed by atoms with E-state index in [9.17, 15) is 117 Å². The Labute approximate surface area is 496 Å². The van der Waals surface area contributed by atoms with E-state index in [1.165, 1.54) is 0 Å². The molecule has 25 N–H and O–H groups in total. The van der Waals surface area contributed by atoms with Crippen LogP contribution in [0.25, 0.3) is 0 Å². The molecule has 30 saturated heterocycles. The van der Waals surface area contributed by atoms with Gasteiger partial charge < -0.3 is 199 Å². The Hall–Kier alpha value is -1.60. The lowest BCUT2D eigenvalue weighted by atomic mass is 9.94. The number of rotatable bonds is 8. The van der Waals surface area contributed by atoms with Gasteiger partial charge in [-0.05, 0) is 0 Å². The lowest BCUT2D eigenvalue weighted by Crippen LogP contribution is -2.69. The van der Waals surface area contributed by atoms with Crippen molar-refractivity contribution >= 4 is 0 Å². The molecule has 30 fully saturated rings. The highest BCUT2D eigenvalue weighted by Crippen LogP contribution is 2.39. The van der Waals surface area contributed by atoms with Crippen LogP contribution in [0.5, 0.6) is 0 Å². The molecule has 40 nitrogen and oxygen atoms in total. The lowest BCUT2D eigenvalue weighted by Gasteiger charge is -2.50. The zero-order valence-electron chi connectivity index (χ0n) is 46.1. The summed E-state index contributed by atoms with van der Waals surface area (Å²) in [4.78, 5) is 0. The highest BCUT2D eigenvalue weighted by Gasteiger charge is 2.60. The maximum absolute atomic E-state index is 11.4. The average molecular weight is 1300 g/mol. The molecule has 0 saturated carbocycles. The van der Waals surface area contributed by atoms with Crippen LogP contribution in [0.15, 0.2) is 0 Å². The van der Waals surface area contributed by atoms with E-state index in [4.69, 9.17) is 81.5 Å². The summed E-state index contributed by atoms with van der Waals surface area (Å²) in [7, 11) is 0. The molecule has 0 radical (unpaired) electrons. The minimum absolute atomic E-state index is 1.00. The molecule has 88 heavy (non-hydrogen) atoms. The molecule has 0 aromatic heterocycles. The maximum Gasteiger partial charge on any atom is 0.187 e. The monoisotopic (exact) mass is 1300 g/mol. The third-order valence-corrected chi connectivity index (χ3v) is 17.0. The van der Waals surface area contributed by atoms with Crippen molar-refractivity contribution in [2.75, 3.05) is 52.9 Å². The van der Waals surface area contributed by atoms with Gasteiger partial charge in [0.15, 0.2) is 50.3 Å². The van der Waals surface area contributed by atoms with Gasteiger partial charge in [0.05, 0.1) is 58.9 Å². The van der Waals surface area contributed by atoms with Crippen LogP contribution in [0, 0.1) is 0 Å². The maximum atomic E-state index is 11.4. The molecule has 40 heteroatoms. The normalized spacial score (nSPS) is 55.4. The molecule has 0 spiro atoms. The zero-order valence-corrected chi connectivity index (χ0v) is 46.1. The summed E-state index contributed by atoms with van der Waals surface area (Å²) in [5.74, 6) is 0. The first-order valence-electron chi connectivity index (χ1n) is 28.2. The molecule has 0 aromatic carbocycles. The van der Waals surface area contributed by atoms with Crippen LogP contribution in [0.3, 0.4) is 0 Å². The second kappa shape index (κ2) is 30.0. The van der Waals surface area contributed by atoms with Gasteiger partial charge in [-0.25, -0.2) is 0 Å². The van der Waals surface area contributed by atoms with Crippen molar-refractivity contribution in [2.45, 2.75) is 246 Å². The molecule has 0 aromatic rings. The molecule has 24 unspecified atom stereocenters. The number of hydrogen-bond donors (Lipinski definition) is 24. The van der Waals surface area contributed by atoms with Gasteiger partial charge >= 0.3 is 0 Å². The Morgan fingerprint density at radius 3 is 0.443 bits per heavy atom. The molecule has 0 amide bonds. The predicted molar refractivity (Wildman–Crippen MR) is 263 cm³/mol. The van der Waals surface area contributed by atoms with E-state index < -0.39 is 298 Å². The first-order valence-corrected chi connectivity index (χ1v) is 28.2. The van der Waals surface area contributed by atoms with E-state index in [-0.39, 0.29) is 0 Å². The summed E-state index contributed by atoms with van der Waals surface area (Å²) in [6, 6.07) is -1.71. The van der Waals surface area contributed by atoms with Gasteiger partial charge in [-0.2, -0.15) is 0 Å². The number of aliphatic hydroxyl groups is 23. The minimum Gasteiger partial charge on any atom is -0.394 e. The van der Waals surface area contributed by atoms with Gasteiger partial charge in [-0.1, -0.05) is 0 Å². The van der Waals surface area contributed by atoms with Crippen molar-refractivity contribution in [1.29, 1.82) is 0 Å². The fraction of sp³-hybridized carbons (Fsp3) is 1.00. The van der Waals surface area contributed by atoms with Crippen LogP contribution in [0.2, 0.25) is 0 Å². The van der Waals surface area contributed by atoms with Crippen LogP contribution in [-0.2, 0) is 75.8 Å². The first kappa shape index (κ1) is 70.7. The fourth-order valence-electron chi connectivity index (χ4n) is 12.0. The van der Waals surface area contributed by atoms with Gasteiger partial charge in [0.25, 0.3) is 0 Å². The van der Waals surface area contributed by atoms with Crippen molar-refractivity contribution in [2.24, 2.45) is 5.73 Å². The van der Waals surface area contributed by atoms with Crippen LogP contribution in [-0.4, -0.2) is 416 Å². The zero-order chi connectivity index (χ0) is 64.1. The van der Waals surface area contributed by atoms with Crippen molar-refractivity contribution in [3.05, 3.63) is 0 Å². The van der Waals surface area contributed by atoms with Crippen LogP contribution < -0.4 is 5.73 Å². The van der Waals surface area contributed by atoms with Crippen LogP contribution >= 0.6 is 0 Å². The SMILES string of the molecule is NC1C(O)[C@H]2OC(CO)[C@H]1O[C@@H]1OC(CO)[C@@H](O[C@@H]3OC(CO)[C@@H](O[C@@H]4OC(CO)[C@@H](O[C@@H]5OC(CO)[C@@H](O[C@@H]6OC(CO)[C@@H](O[C@@H]7OC(CO)[C@@H](O[C@@H]8OC(CO)[C@@H](O2)C(O)C8O)C(O)C7O)C(O)C6O)C(O)C5O)C(O)C4O)C(O)C3O)C(O)C1O. The summed E-state index contributed by atoms with van der Waals surface area (Å²) in [5.41, 5.74) is 6.37. The Morgan fingerprint density at radius 1 is 0.170 bits per heavy atom. The molecular weight excluding hydrogens is 1210 g/mol. The van der Waals surface area contributed by atoms with E-state index in [2.05, 4.69) is 0 Å². The van der Waals surface area contributed by atoms with Gasteiger partial charge in [0.1, 0.15) is 189 Å². The van der Waals surface area contributed by atoms with Crippen molar-refractivity contribution in [3.63, 3.8) is 0 Å². The molecule has 30 rings (SSSR count). The Bertz CT molecular complexity index is 1710. The second-order valence-electron chi connectivity index (χ2n) is 22.5. The quantitative estimate of drug-likeness (QED) is 0.107. The minimum atomic E-state index is -2.24. The summed E-state index contributed by atoms with van der Waals surface area (Å²) in [5, 5.41) is 254. The van der Waals surface area contributed by atoms with E-state index in [0.29, 0.717) is 0 Å². The van der Waals surface area contributed by atoms with E-state index in [1.807, 2.05) is 0 Å². The first-order chi connectivity index (χ1) is 41.9. The number of ether oxygens (including phenoxy) is 16. The third-order valence-electron chi connectivity index (χ3n) is 17.0. The topological polar surface area (TPSA) is 639 Å². The van der Waals surface area contributed by atoms with E-state index in [0.717, 1.165) is 0 Å². The smallest absolute Gasteiger partial charge is 0.187 e. The molecule has 30 heterocycles. The lowest BCUT2D eigenvalue weighted by molar-refractivity contribution is -0.402. The van der Waals surface area contributed by atoms with Gasteiger partial charge in [0.2, 0.25) is 0 Å². The molecule has 30 aliphatic rings. The van der Waals surface area contributed by atoms with Crippen LogP contribution in [0.1, 0.15) is 0 Å². The second-order valence-corrected chi connectivity index (χ2v) is 22.5. The summed E-state index contributed by atoms with van der Waals surface area (Å²) < 4.78 is 91.6. The van der Waals surface area contributed by atoms with Crippen LogP contribution in [0.4, 0.5) is 0 Å². The highest BCUT2D eigenvalue weighted by atomic mass is 16.8. The van der Waals surface area contributed by atoms with Gasteiger partial charge in [-0.3, -0.25) is 0 Å². The molecule has 512 valence electrons. The number of hydrogen-bond acceptors (Lipinski definition) is 40. The molecule has 40 atom stereocenters. The number of nitrogens with two attached hydrogens (primary N) is 1. The van der Waals surface area contributed by atoms with Crippen molar-refractivity contribution < 1.29 is 193 Å². The Kier molecular flexibility index (Phi) is 24.1. The molecular formula is C48H81NO39. The fourth-order valence-corrected chi connectivity index (χ4v) is 12.0. The summed E-state index contributed by atoms with van der Waals surface area (Å²) in [6.07, 6.45) is -78.4. The Balaban J connectivity index is 0.975. The largest absolute Gasteiger partial charge is 0.394 e. The van der Waals surface area contributed by atoms with E-state index in [1.54, 1.807) is 0 Å². The third kappa shape index (κ3) is 13.8. The predicted octanol–water partition coefficient (Wildman–Crippen LogP) is -17.4. The average Bonchev–Trinajstić information content (AvgIpc) is 0.979. The molecule has 30 aliphatic heterocycles. The molecule has 16 bridgehead atoms. The molecule has 0 aliphatic carbocycles. The summed E-state index contributed by atoms with van der Waals surface area (Å²) >= 11 is 0. The number of aliphatic hydroxyl groups excluding tert-OH is 23. The van der Waals surface area contributed by atoms with Crippen molar-refractivity contribution in [1.82, 2.24) is 0 Å². The van der Waals surface area contributed by atoms with Gasteiger partial charge in [0, 0.05) is 0 Å². The summed E-state index contributed by atoms with van der Waals surface area (Å²) in [6.45, 7) is -8.46. The standard InChI is InChI=1S/C48H81NO39/c49-17-18(58)41-73-9(1-50)33(17)81-42-26(66)19(59)35(11(3-52)74-42)83-44-28(68)21(61)37(13(5-54)76-44)85-46-30(70)23(63)39(15(7-56)78-46)87-48-32(72)25(65)40(16(8-57)80-48)88-47-31(71)24(64)38(14(6-55)79-47)86-45-29(69)22(62)36(12(4-53)77-45)84-43-27(67)20(60)34(82-41)10(2-51)75-43/h9-48,50-72H,1-8,49H2/t9?,10?,11?,12?,13?,14?,15?,16?,17?,18?,19?,20?,21?,22?,23?,24?,25?,26?,27?,28?,29?,30?,31?,32?,33-,34-,35-,36-,37-,38-,39-,40-,41+,42+,43+,44+,45+,46+,47+,48+/m1/s1. The van der Waals surface area contributed by atoms with Crippen molar-refractivity contribution in [3.8, 4) is 0 Å².